The molecule has 1 aliphatic heterocycles. The Morgan fingerprint density at radius 1 is 1.06 bits per heavy atom. The summed E-state index contributed by atoms with van der Waals surface area (Å²) in [6.07, 6.45) is 3.28. The molecule has 3 aromatic rings. The third-order valence-corrected chi connectivity index (χ3v) is 5.93. The first-order valence-electron chi connectivity index (χ1n) is 10.1. The highest BCUT2D eigenvalue weighted by Gasteiger charge is 2.46. The first-order valence-corrected chi connectivity index (χ1v) is 10.9. The molecule has 1 N–H and O–H groups in total. The molecule has 0 spiro atoms. The number of methoxy groups -OCH3 is 2. The van der Waals surface area contributed by atoms with Gasteiger partial charge in [0.15, 0.2) is 11.5 Å². The lowest BCUT2D eigenvalue weighted by Crippen LogP contribution is -2.29. The maximum Gasteiger partial charge on any atom is 0.295 e. The second kappa shape index (κ2) is 9.46. The van der Waals surface area contributed by atoms with E-state index in [1.807, 2.05) is 30.3 Å². The zero-order valence-corrected chi connectivity index (χ0v) is 19.6. The molecule has 7 nitrogen and oxygen atoms in total. The fourth-order valence-electron chi connectivity index (χ4n) is 3.89. The van der Waals surface area contributed by atoms with Crippen molar-refractivity contribution in [2.75, 3.05) is 14.2 Å². The van der Waals surface area contributed by atoms with Crippen molar-refractivity contribution in [1.29, 1.82) is 0 Å². The fraction of sp³-hybridized carbons (Fsp3) is 0.160. The number of nitrogens with zero attached hydrogens (tertiary/aromatic N) is 2. The van der Waals surface area contributed by atoms with E-state index in [2.05, 4.69) is 20.9 Å². The lowest BCUT2D eigenvalue weighted by Gasteiger charge is -2.25. The zero-order valence-electron chi connectivity index (χ0n) is 18.0. The molecule has 168 valence electrons. The van der Waals surface area contributed by atoms with Crippen LogP contribution in [0.2, 0.25) is 0 Å². The van der Waals surface area contributed by atoms with Crippen molar-refractivity contribution in [2.24, 2.45) is 0 Å². The highest BCUT2D eigenvalue weighted by Crippen LogP contribution is 2.41. The van der Waals surface area contributed by atoms with Gasteiger partial charge in [0.05, 0.1) is 25.8 Å². The van der Waals surface area contributed by atoms with E-state index in [1.54, 1.807) is 36.7 Å². The SMILES string of the molecule is COc1ccc(/C(O)=C2/C(=O)C(=O)N(Cc3cccnc3)C2c2cccc(Br)c2)cc1OC. The second-order valence-electron chi connectivity index (χ2n) is 7.41. The van der Waals surface area contributed by atoms with Gasteiger partial charge in [-0.05, 0) is 47.5 Å². The smallest absolute Gasteiger partial charge is 0.295 e. The predicted molar refractivity (Wildman–Crippen MR) is 126 cm³/mol. The lowest BCUT2D eigenvalue weighted by molar-refractivity contribution is -0.140. The van der Waals surface area contributed by atoms with Gasteiger partial charge >= 0.3 is 0 Å². The summed E-state index contributed by atoms with van der Waals surface area (Å²) in [5.41, 5.74) is 1.81. The van der Waals surface area contributed by atoms with E-state index in [-0.39, 0.29) is 17.9 Å². The highest BCUT2D eigenvalue weighted by atomic mass is 79.9. The standard InChI is InChI=1S/C25H21BrN2O5/c1-32-19-9-8-17(12-20(19)33-2)23(29)21-22(16-6-3-7-18(26)11-16)28(25(31)24(21)30)14-15-5-4-10-27-13-15/h3-13,22,29H,14H2,1-2H3/b23-21-. The number of carbonyl (C=O) groups is 2. The number of hydrogen-bond donors (Lipinski definition) is 1. The van der Waals surface area contributed by atoms with Crippen molar-refractivity contribution >= 4 is 33.4 Å². The van der Waals surface area contributed by atoms with Crippen LogP contribution >= 0.6 is 15.9 Å². The van der Waals surface area contributed by atoms with Crippen LogP contribution in [0.5, 0.6) is 11.5 Å². The van der Waals surface area contributed by atoms with Crippen LogP contribution in [0.3, 0.4) is 0 Å². The normalized spacial score (nSPS) is 17.3. The molecule has 1 saturated heterocycles. The maximum absolute atomic E-state index is 13.2. The van der Waals surface area contributed by atoms with Crippen LogP contribution in [-0.2, 0) is 16.1 Å². The summed E-state index contributed by atoms with van der Waals surface area (Å²) in [4.78, 5) is 31.8. The molecular formula is C25H21BrN2O5. The van der Waals surface area contributed by atoms with Crippen LogP contribution in [0.25, 0.3) is 5.76 Å². The minimum absolute atomic E-state index is 0.00853. The largest absolute Gasteiger partial charge is 0.507 e. The molecule has 1 unspecified atom stereocenters. The van der Waals surface area contributed by atoms with Gasteiger partial charge in [0.1, 0.15) is 5.76 Å². The molecule has 0 saturated carbocycles. The Kier molecular flexibility index (Phi) is 6.46. The zero-order chi connectivity index (χ0) is 23.5. The summed E-state index contributed by atoms with van der Waals surface area (Å²) in [6, 6.07) is 15.0. The topological polar surface area (TPSA) is 89.0 Å². The molecule has 2 heterocycles. The van der Waals surface area contributed by atoms with Gasteiger partial charge in [0, 0.05) is 29.0 Å². The summed E-state index contributed by atoms with van der Waals surface area (Å²) in [6.45, 7) is 0.165. The van der Waals surface area contributed by atoms with E-state index in [9.17, 15) is 14.7 Å². The molecule has 1 amide bonds. The van der Waals surface area contributed by atoms with Crippen LogP contribution in [0.1, 0.15) is 22.7 Å². The van der Waals surface area contributed by atoms with Gasteiger partial charge < -0.3 is 19.5 Å². The van der Waals surface area contributed by atoms with Crippen molar-refractivity contribution in [3.63, 3.8) is 0 Å². The number of Topliss-reactive ketones (excluding diaryl/α,β-unsaturated/α-hetero) is 1. The van der Waals surface area contributed by atoms with Crippen molar-refractivity contribution in [3.05, 3.63) is 93.7 Å². The minimum Gasteiger partial charge on any atom is -0.507 e. The van der Waals surface area contributed by atoms with Crippen molar-refractivity contribution < 1.29 is 24.2 Å². The number of hydrogen-bond acceptors (Lipinski definition) is 6. The maximum atomic E-state index is 13.2. The predicted octanol–water partition coefficient (Wildman–Crippen LogP) is 4.48. The second-order valence-corrected chi connectivity index (χ2v) is 8.33. The third kappa shape index (κ3) is 4.34. The average molecular weight is 509 g/mol. The Balaban J connectivity index is 1.88. The number of aromatic nitrogens is 1. The van der Waals surface area contributed by atoms with E-state index in [1.165, 1.54) is 19.1 Å². The van der Waals surface area contributed by atoms with Gasteiger partial charge in [-0.25, -0.2) is 0 Å². The Morgan fingerprint density at radius 3 is 2.52 bits per heavy atom. The number of amides is 1. The number of pyridine rings is 1. The molecule has 8 heteroatoms. The molecule has 0 aliphatic carbocycles. The molecule has 0 radical (unpaired) electrons. The fourth-order valence-corrected chi connectivity index (χ4v) is 4.31. The first-order chi connectivity index (χ1) is 15.9. The average Bonchev–Trinajstić information content (AvgIpc) is 3.08. The molecule has 2 aromatic carbocycles. The van der Waals surface area contributed by atoms with E-state index in [0.717, 1.165) is 10.0 Å². The summed E-state index contributed by atoms with van der Waals surface area (Å²) in [7, 11) is 2.99. The number of aliphatic hydroxyl groups is 1. The number of likely N-dealkylation sites (tertiary alicyclic amines) is 1. The number of benzene rings is 2. The van der Waals surface area contributed by atoms with Crippen molar-refractivity contribution in [3.8, 4) is 11.5 Å². The highest BCUT2D eigenvalue weighted by molar-refractivity contribution is 9.10. The van der Waals surface area contributed by atoms with Gasteiger partial charge in [-0.2, -0.15) is 0 Å². The van der Waals surface area contributed by atoms with Gasteiger partial charge in [0.25, 0.3) is 11.7 Å². The third-order valence-electron chi connectivity index (χ3n) is 5.44. The molecule has 1 fully saturated rings. The van der Waals surface area contributed by atoms with E-state index in [0.29, 0.717) is 22.6 Å². The van der Waals surface area contributed by atoms with Crippen LogP contribution in [-0.4, -0.2) is 40.9 Å². The minimum atomic E-state index is -0.782. The van der Waals surface area contributed by atoms with E-state index < -0.39 is 17.7 Å². The number of ketones is 1. The van der Waals surface area contributed by atoms with Crippen LogP contribution in [0, 0.1) is 0 Å². The number of halogens is 1. The van der Waals surface area contributed by atoms with Crippen molar-refractivity contribution in [1.82, 2.24) is 9.88 Å². The molecule has 1 aromatic heterocycles. The number of aliphatic hydroxyl groups excluding tert-OH is 1. The molecule has 1 aliphatic rings. The molecule has 4 rings (SSSR count). The van der Waals surface area contributed by atoms with Crippen LogP contribution in [0.15, 0.2) is 77.0 Å². The molecule has 0 bridgehead atoms. The lowest BCUT2D eigenvalue weighted by atomic mass is 9.95. The van der Waals surface area contributed by atoms with Crippen LogP contribution < -0.4 is 9.47 Å². The Morgan fingerprint density at radius 2 is 1.85 bits per heavy atom. The van der Waals surface area contributed by atoms with Gasteiger partial charge in [-0.1, -0.05) is 34.1 Å². The van der Waals surface area contributed by atoms with Crippen LogP contribution in [0.4, 0.5) is 0 Å². The number of carbonyl (C=O) groups excluding carboxylic acids is 2. The number of ether oxygens (including phenoxy) is 2. The Bertz CT molecular complexity index is 1240. The summed E-state index contributed by atoms with van der Waals surface area (Å²) >= 11 is 3.46. The number of rotatable bonds is 6. The molecule has 33 heavy (non-hydrogen) atoms. The van der Waals surface area contributed by atoms with Crippen molar-refractivity contribution in [2.45, 2.75) is 12.6 Å². The van der Waals surface area contributed by atoms with Gasteiger partial charge in [-0.15, -0.1) is 0 Å². The summed E-state index contributed by atoms with van der Waals surface area (Å²) < 4.78 is 11.4. The summed E-state index contributed by atoms with van der Waals surface area (Å²) in [5, 5.41) is 11.2. The monoisotopic (exact) mass is 508 g/mol. The van der Waals surface area contributed by atoms with E-state index >= 15 is 0 Å². The Hall–Kier alpha value is -3.65. The van der Waals surface area contributed by atoms with Gasteiger partial charge in [-0.3, -0.25) is 14.6 Å². The molecule has 1 atom stereocenters. The van der Waals surface area contributed by atoms with Gasteiger partial charge in [0.2, 0.25) is 0 Å². The quantitative estimate of drug-likeness (QED) is 0.300. The Labute approximate surface area is 199 Å². The first kappa shape index (κ1) is 22.5. The van der Waals surface area contributed by atoms with E-state index in [4.69, 9.17) is 9.47 Å². The molecular weight excluding hydrogens is 488 g/mol. The summed E-state index contributed by atoms with van der Waals surface area (Å²) in [5.74, 6) is -0.852.